The van der Waals surface area contributed by atoms with E-state index in [-0.39, 0.29) is 23.5 Å². The Balaban J connectivity index is 0.00000108. The van der Waals surface area contributed by atoms with E-state index in [0.29, 0.717) is 12.8 Å². The lowest BCUT2D eigenvalue weighted by Gasteiger charge is -2.18. The highest BCUT2D eigenvalue weighted by molar-refractivity contribution is 5.73. The first-order valence-corrected chi connectivity index (χ1v) is 9.39. The molecule has 1 amide bonds. The molecule has 2 rings (SSSR count). The monoisotopic (exact) mass is 388 g/mol. The number of amides is 1. The first kappa shape index (κ1) is 25.1. The molecule has 5 heteroatoms. The summed E-state index contributed by atoms with van der Waals surface area (Å²) in [6, 6.07) is 14.9. The van der Waals surface area contributed by atoms with E-state index in [9.17, 15) is 13.6 Å². The average Bonchev–Trinajstić information content (AvgIpc) is 2.71. The van der Waals surface area contributed by atoms with Gasteiger partial charge in [-0.3, -0.25) is 4.79 Å². The molecule has 0 aliphatic carbocycles. The molecule has 0 aliphatic rings. The van der Waals surface area contributed by atoms with Crippen molar-refractivity contribution in [3.63, 3.8) is 0 Å². The van der Waals surface area contributed by atoms with E-state index >= 15 is 0 Å². The fraction of sp³-hybridized carbons (Fsp3) is 0.348. The quantitative estimate of drug-likeness (QED) is 0.394. The number of rotatable bonds is 7. The van der Waals surface area contributed by atoms with Crippen molar-refractivity contribution < 1.29 is 13.6 Å². The predicted molar refractivity (Wildman–Crippen MR) is 111 cm³/mol. The molecule has 2 aromatic carbocycles. The fourth-order valence-electron chi connectivity index (χ4n) is 2.56. The molecule has 0 bridgehead atoms. The van der Waals surface area contributed by atoms with Gasteiger partial charge in [0.2, 0.25) is 5.91 Å². The molecular weight excluding hydrogens is 358 g/mol. The zero-order chi connectivity index (χ0) is 21.4. The van der Waals surface area contributed by atoms with Gasteiger partial charge in [0.15, 0.2) is 0 Å². The predicted octanol–water partition coefficient (Wildman–Crippen LogP) is 5.09. The molecule has 0 atom stereocenters. The van der Waals surface area contributed by atoms with Gasteiger partial charge in [0.25, 0.3) is 0 Å². The Morgan fingerprint density at radius 2 is 1.32 bits per heavy atom. The third-order valence-corrected chi connectivity index (χ3v) is 3.86. The standard InChI is InChI=1S/C18H19F2NO.C3H5N.C2H6/c19-15-9-5-13(6-10-15)17(3-1-2-4-18(21)22)14-7-11-16(20)12-8-14;1-2-3-4;1-2/h5-12,17H,1-4H2,(H2,21,22);4H2,1H3;1-2H3. The third kappa shape index (κ3) is 10.3. The van der Waals surface area contributed by atoms with Crippen LogP contribution in [-0.4, -0.2) is 5.91 Å². The van der Waals surface area contributed by atoms with Gasteiger partial charge in [0, 0.05) is 18.4 Å². The fourth-order valence-corrected chi connectivity index (χ4v) is 2.56. The van der Waals surface area contributed by atoms with Crippen LogP contribution in [0.4, 0.5) is 8.78 Å². The number of nitrogens with two attached hydrogens (primary N) is 2. The largest absolute Gasteiger partial charge is 0.370 e. The SMILES string of the molecule is CC.CC#CN.NC(=O)CCCCC(c1ccc(F)cc1)c1ccc(F)cc1. The number of halogens is 2. The van der Waals surface area contributed by atoms with Crippen LogP contribution in [0.25, 0.3) is 0 Å². The Morgan fingerprint density at radius 1 is 0.929 bits per heavy atom. The van der Waals surface area contributed by atoms with E-state index in [0.717, 1.165) is 24.0 Å². The van der Waals surface area contributed by atoms with Crippen molar-refractivity contribution in [1.82, 2.24) is 0 Å². The number of hydrogen-bond donors (Lipinski definition) is 2. The van der Waals surface area contributed by atoms with Gasteiger partial charge in [-0.15, -0.1) is 0 Å². The van der Waals surface area contributed by atoms with Crippen LogP contribution in [0, 0.1) is 23.6 Å². The molecule has 4 N–H and O–H groups in total. The summed E-state index contributed by atoms with van der Waals surface area (Å²) in [5.74, 6) is 1.64. The van der Waals surface area contributed by atoms with Crippen LogP contribution in [0.5, 0.6) is 0 Å². The van der Waals surface area contributed by atoms with Crippen LogP contribution in [-0.2, 0) is 4.79 Å². The van der Waals surface area contributed by atoms with Crippen LogP contribution in [0.15, 0.2) is 48.5 Å². The van der Waals surface area contributed by atoms with Crippen molar-refractivity contribution in [3.05, 3.63) is 71.3 Å². The van der Waals surface area contributed by atoms with E-state index in [2.05, 4.69) is 17.7 Å². The van der Waals surface area contributed by atoms with Crippen molar-refractivity contribution >= 4 is 5.91 Å². The van der Waals surface area contributed by atoms with Gasteiger partial charge in [-0.05, 0) is 55.2 Å². The first-order valence-electron chi connectivity index (χ1n) is 9.39. The lowest BCUT2D eigenvalue weighted by molar-refractivity contribution is -0.118. The molecule has 152 valence electrons. The van der Waals surface area contributed by atoms with E-state index in [1.807, 2.05) is 13.8 Å². The summed E-state index contributed by atoms with van der Waals surface area (Å²) in [4.78, 5) is 10.8. The molecule has 0 spiro atoms. The molecule has 0 fully saturated rings. The summed E-state index contributed by atoms with van der Waals surface area (Å²) in [5, 5.41) is 0. The molecular formula is C23H30F2N2O. The second-order valence-corrected chi connectivity index (χ2v) is 5.76. The number of primary amides is 1. The summed E-state index contributed by atoms with van der Waals surface area (Å²) in [6.07, 6.45) is 2.70. The molecule has 0 radical (unpaired) electrons. The Hall–Kier alpha value is -2.87. The van der Waals surface area contributed by atoms with Crippen molar-refractivity contribution in [2.24, 2.45) is 11.5 Å². The molecule has 0 unspecified atom stereocenters. The van der Waals surface area contributed by atoms with Gasteiger partial charge in [-0.25, -0.2) is 8.78 Å². The molecule has 28 heavy (non-hydrogen) atoms. The van der Waals surface area contributed by atoms with E-state index in [4.69, 9.17) is 5.73 Å². The number of unbranched alkanes of at least 4 members (excludes halogenated alkanes) is 1. The average molecular weight is 389 g/mol. The number of benzene rings is 2. The second-order valence-electron chi connectivity index (χ2n) is 5.76. The maximum atomic E-state index is 13.1. The van der Waals surface area contributed by atoms with Gasteiger partial charge in [0.1, 0.15) is 11.6 Å². The van der Waals surface area contributed by atoms with Crippen LogP contribution in [0.1, 0.15) is 63.5 Å². The minimum absolute atomic E-state index is 0.0501. The normalized spacial score (nSPS) is 9.21. The van der Waals surface area contributed by atoms with Crippen LogP contribution < -0.4 is 11.5 Å². The van der Waals surface area contributed by atoms with Crippen molar-refractivity contribution in [2.45, 2.75) is 52.4 Å². The van der Waals surface area contributed by atoms with Crippen molar-refractivity contribution in [3.8, 4) is 12.0 Å². The summed E-state index contributed by atoms with van der Waals surface area (Å²) in [6.45, 7) is 5.69. The van der Waals surface area contributed by atoms with E-state index in [1.165, 1.54) is 24.3 Å². The minimum atomic E-state index is -0.305. The number of hydrogen-bond acceptors (Lipinski definition) is 2. The lowest BCUT2D eigenvalue weighted by Crippen LogP contribution is -2.10. The number of carbonyl (C=O) groups is 1. The Kier molecular flexibility index (Phi) is 13.7. The Labute approximate surface area is 167 Å². The first-order chi connectivity index (χ1) is 13.5. The van der Waals surface area contributed by atoms with Crippen LogP contribution in [0.3, 0.4) is 0 Å². The highest BCUT2D eigenvalue weighted by Crippen LogP contribution is 2.30. The minimum Gasteiger partial charge on any atom is -0.370 e. The lowest BCUT2D eigenvalue weighted by atomic mass is 9.87. The van der Waals surface area contributed by atoms with Gasteiger partial charge >= 0.3 is 0 Å². The highest BCUT2D eigenvalue weighted by Gasteiger charge is 2.14. The molecule has 0 aliphatic heterocycles. The van der Waals surface area contributed by atoms with Crippen LogP contribution in [0.2, 0.25) is 0 Å². The van der Waals surface area contributed by atoms with Gasteiger partial charge in [0.05, 0.1) is 0 Å². The molecule has 0 aromatic heterocycles. The van der Waals surface area contributed by atoms with Crippen molar-refractivity contribution in [1.29, 1.82) is 0 Å². The maximum absolute atomic E-state index is 13.1. The topological polar surface area (TPSA) is 69.1 Å². The number of carbonyl (C=O) groups excluding carboxylic acids is 1. The van der Waals surface area contributed by atoms with Gasteiger partial charge in [-0.1, -0.05) is 50.5 Å². The summed E-state index contributed by atoms with van der Waals surface area (Å²) < 4.78 is 26.2. The van der Waals surface area contributed by atoms with Gasteiger partial charge in [-0.2, -0.15) is 0 Å². The molecule has 0 saturated carbocycles. The van der Waals surface area contributed by atoms with E-state index < -0.39 is 0 Å². The third-order valence-electron chi connectivity index (χ3n) is 3.86. The summed E-state index contributed by atoms with van der Waals surface area (Å²) in [7, 11) is 0. The highest BCUT2D eigenvalue weighted by atomic mass is 19.1. The molecule has 0 heterocycles. The zero-order valence-electron chi connectivity index (χ0n) is 16.8. The molecule has 3 nitrogen and oxygen atoms in total. The molecule has 0 saturated heterocycles. The second kappa shape index (κ2) is 15.2. The Bertz CT molecular complexity index is 680. The zero-order valence-corrected chi connectivity index (χ0v) is 16.8. The summed E-state index contributed by atoms with van der Waals surface area (Å²) >= 11 is 0. The smallest absolute Gasteiger partial charge is 0.217 e. The summed E-state index contributed by atoms with van der Waals surface area (Å²) in [5.41, 5.74) is 11.8. The van der Waals surface area contributed by atoms with Crippen molar-refractivity contribution in [2.75, 3.05) is 0 Å². The van der Waals surface area contributed by atoms with E-state index in [1.54, 1.807) is 31.2 Å². The van der Waals surface area contributed by atoms with Gasteiger partial charge < -0.3 is 11.5 Å². The maximum Gasteiger partial charge on any atom is 0.217 e. The molecule has 2 aromatic rings. The van der Waals surface area contributed by atoms with Crippen LogP contribution >= 0.6 is 0 Å². The Morgan fingerprint density at radius 3 is 1.64 bits per heavy atom.